The summed E-state index contributed by atoms with van der Waals surface area (Å²) in [6.45, 7) is 4.62. The van der Waals surface area contributed by atoms with Crippen LogP contribution in [0.1, 0.15) is 37.3 Å². The summed E-state index contributed by atoms with van der Waals surface area (Å²) in [6.07, 6.45) is 5.42. The zero-order chi connectivity index (χ0) is 19.7. The van der Waals surface area contributed by atoms with Crippen molar-refractivity contribution in [1.82, 2.24) is 14.1 Å². The largest absolute Gasteiger partial charge is 0.369 e. The molecule has 28 heavy (non-hydrogen) atoms. The molecule has 1 unspecified atom stereocenters. The lowest BCUT2D eigenvalue weighted by Gasteiger charge is -2.26. The predicted octanol–water partition coefficient (Wildman–Crippen LogP) is 3.28. The van der Waals surface area contributed by atoms with Gasteiger partial charge in [0.2, 0.25) is 0 Å². The summed E-state index contributed by atoms with van der Waals surface area (Å²) in [5, 5.41) is 9.44. The van der Waals surface area contributed by atoms with E-state index in [4.69, 9.17) is 0 Å². The number of imidazole rings is 1. The first-order valence-corrected chi connectivity index (χ1v) is 9.87. The molecule has 2 aromatic heterocycles. The van der Waals surface area contributed by atoms with Crippen molar-refractivity contribution in [2.45, 2.75) is 32.7 Å². The SMILES string of the molecule is CC1CCCCN(c2ccnc3c2n(Cc2ccccc2C#N)c(=O)n3C)C1. The van der Waals surface area contributed by atoms with Crippen molar-refractivity contribution in [3.05, 3.63) is 58.1 Å². The number of hydrogen-bond acceptors (Lipinski definition) is 4. The van der Waals surface area contributed by atoms with Gasteiger partial charge in [-0.3, -0.25) is 9.13 Å². The van der Waals surface area contributed by atoms with Crippen molar-refractivity contribution in [3.8, 4) is 6.07 Å². The number of anilines is 1. The Labute approximate surface area is 164 Å². The summed E-state index contributed by atoms with van der Waals surface area (Å²) in [7, 11) is 1.76. The molecule has 0 spiro atoms. The quantitative estimate of drug-likeness (QED) is 0.705. The Morgan fingerprint density at radius 1 is 1.25 bits per heavy atom. The molecule has 6 heteroatoms. The Hall–Kier alpha value is -3.07. The van der Waals surface area contributed by atoms with E-state index in [9.17, 15) is 10.1 Å². The van der Waals surface area contributed by atoms with Crippen LogP contribution in [0.4, 0.5) is 5.69 Å². The molecule has 0 bridgehead atoms. The zero-order valence-electron chi connectivity index (χ0n) is 16.4. The molecule has 0 N–H and O–H groups in total. The van der Waals surface area contributed by atoms with Gasteiger partial charge in [-0.05, 0) is 36.5 Å². The van der Waals surface area contributed by atoms with Crippen LogP contribution in [0.5, 0.6) is 0 Å². The molecule has 144 valence electrons. The first-order chi connectivity index (χ1) is 13.6. The summed E-state index contributed by atoms with van der Waals surface area (Å²) >= 11 is 0. The van der Waals surface area contributed by atoms with Gasteiger partial charge in [-0.15, -0.1) is 0 Å². The van der Waals surface area contributed by atoms with Gasteiger partial charge >= 0.3 is 5.69 Å². The molecule has 3 aromatic rings. The predicted molar refractivity (Wildman–Crippen MR) is 110 cm³/mol. The number of rotatable bonds is 3. The summed E-state index contributed by atoms with van der Waals surface area (Å²) in [6, 6.07) is 11.7. The standard InChI is InChI=1S/C22H25N5O/c1-16-7-5-6-12-26(14-16)19-10-11-24-21-20(19)27(22(28)25(21)2)15-18-9-4-3-8-17(18)13-23/h3-4,8-11,16H,5-7,12,14-15H2,1-2H3. The Balaban J connectivity index is 1.88. The van der Waals surface area contributed by atoms with Gasteiger partial charge in [-0.25, -0.2) is 9.78 Å². The van der Waals surface area contributed by atoms with Gasteiger partial charge in [0.15, 0.2) is 5.65 Å². The molecule has 1 aliphatic rings. The number of nitriles is 1. The van der Waals surface area contributed by atoms with Crippen molar-refractivity contribution in [3.63, 3.8) is 0 Å². The minimum Gasteiger partial charge on any atom is -0.369 e. The molecule has 1 atom stereocenters. The van der Waals surface area contributed by atoms with Crippen LogP contribution in [0, 0.1) is 17.2 Å². The summed E-state index contributed by atoms with van der Waals surface area (Å²) in [5.74, 6) is 0.619. The minimum absolute atomic E-state index is 0.106. The molecule has 0 radical (unpaired) electrons. The Morgan fingerprint density at radius 3 is 2.89 bits per heavy atom. The number of aryl methyl sites for hydroxylation is 1. The molecule has 4 rings (SSSR count). The number of aromatic nitrogens is 3. The fourth-order valence-electron chi connectivity index (χ4n) is 4.22. The van der Waals surface area contributed by atoms with E-state index < -0.39 is 0 Å². The fraction of sp³-hybridized carbons (Fsp3) is 0.409. The van der Waals surface area contributed by atoms with E-state index in [0.717, 1.165) is 36.3 Å². The highest BCUT2D eigenvalue weighted by Crippen LogP contribution is 2.29. The Bertz CT molecular complexity index is 1100. The van der Waals surface area contributed by atoms with Crippen LogP contribution >= 0.6 is 0 Å². The maximum Gasteiger partial charge on any atom is 0.330 e. The highest BCUT2D eigenvalue weighted by atomic mass is 16.1. The third kappa shape index (κ3) is 3.18. The summed E-state index contributed by atoms with van der Waals surface area (Å²) < 4.78 is 3.37. The van der Waals surface area contributed by atoms with Crippen molar-refractivity contribution in [2.24, 2.45) is 13.0 Å². The van der Waals surface area contributed by atoms with E-state index in [1.807, 2.05) is 24.3 Å². The number of fused-ring (bicyclic) bond motifs is 1. The van der Waals surface area contributed by atoms with Crippen LogP contribution in [0.15, 0.2) is 41.3 Å². The lowest BCUT2D eigenvalue weighted by Crippen LogP contribution is -2.28. The van der Waals surface area contributed by atoms with Gasteiger partial charge in [-0.2, -0.15) is 5.26 Å². The van der Waals surface area contributed by atoms with E-state index in [1.54, 1.807) is 28.4 Å². The van der Waals surface area contributed by atoms with Crippen LogP contribution in [-0.4, -0.2) is 27.2 Å². The second kappa shape index (κ2) is 7.51. The van der Waals surface area contributed by atoms with Crippen LogP contribution < -0.4 is 10.6 Å². The molecule has 6 nitrogen and oxygen atoms in total. The molecular weight excluding hydrogens is 350 g/mol. The smallest absolute Gasteiger partial charge is 0.330 e. The summed E-state index contributed by atoms with van der Waals surface area (Å²) in [4.78, 5) is 19.9. The first kappa shape index (κ1) is 18.3. The van der Waals surface area contributed by atoms with Gasteiger partial charge < -0.3 is 4.90 Å². The van der Waals surface area contributed by atoms with Crippen LogP contribution in [0.25, 0.3) is 11.2 Å². The second-order valence-corrected chi connectivity index (χ2v) is 7.75. The average molecular weight is 375 g/mol. The van der Waals surface area contributed by atoms with Gasteiger partial charge in [0.05, 0.1) is 23.9 Å². The van der Waals surface area contributed by atoms with E-state index in [0.29, 0.717) is 23.7 Å². The number of hydrogen-bond donors (Lipinski definition) is 0. The maximum absolute atomic E-state index is 13.0. The van der Waals surface area contributed by atoms with Gasteiger partial charge in [0.1, 0.15) is 5.52 Å². The molecule has 0 saturated carbocycles. The summed E-state index contributed by atoms with van der Waals surface area (Å²) in [5.41, 5.74) is 3.95. The molecule has 1 aromatic carbocycles. The van der Waals surface area contributed by atoms with Crippen LogP contribution in [-0.2, 0) is 13.6 Å². The molecule has 3 heterocycles. The third-order valence-electron chi connectivity index (χ3n) is 5.70. The molecule has 1 saturated heterocycles. The highest BCUT2D eigenvalue weighted by Gasteiger charge is 2.22. The molecule has 1 fully saturated rings. The van der Waals surface area contributed by atoms with Crippen LogP contribution in [0.3, 0.4) is 0 Å². The molecule has 1 aliphatic heterocycles. The number of pyridine rings is 1. The molecule has 0 amide bonds. The Morgan fingerprint density at radius 2 is 2.07 bits per heavy atom. The van der Waals surface area contributed by atoms with Crippen LogP contribution in [0.2, 0.25) is 0 Å². The molecular formula is C22H25N5O. The second-order valence-electron chi connectivity index (χ2n) is 7.75. The van der Waals surface area contributed by atoms with Gasteiger partial charge in [0, 0.05) is 26.3 Å². The van der Waals surface area contributed by atoms with Gasteiger partial charge in [0.25, 0.3) is 0 Å². The van der Waals surface area contributed by atoms with Gasteiger partial charge in [-0.1, -0.05) is 31.5 Å². The average Bonchev–Trinajstić information content (AvgIpc) is 2.86. The zero-order valence-corrected chi connectivity index (χ0v) is 16.4. The maximum atomic E-state index is 13.0. The minimum atomic E-state index is -0.106. The van der Waals surface area contributed by atoms with E-state index in [2.05, 4.69) is 22.9 Å². The third-order valence-corrected chi connectivity index (χ3v) is 5.70. The van der Waals surface area contributed by atoms with E-state index in [1.165, 1.54) is 12.8 Å². The monoisotopic (exact) mass is 375 g/mol. The highest BCUT2D eigenvalue weighted by molar-refractivity contribution is 5.87. The normalized spacial score (nSPS) is 17.5. The van der Waals surface area contributed by atoms with Crippen molar-refractivity contribution >= 4 is 16.9 Å². The van der Waals surface area contributed by atoms with Crippen molar-refractivity contribution < 1.29 is 0 Å². The van der Waals surface area contributed by atoms with Crippen molar-refractivity contribution in [1.29, 1.82) is 5.26 Å². The first-order valence-electron chi connectivity index (χ1n) is 9.87. The van der Waals surface area contributed by atoms with Crippen molar-refractivity contribution in [2.75, 3.05) is 18.0 Å². The lowest BCUT2D eigenvalue weighted by atomic mass is 10.1. The molecule has 0 aliphatic carbocycles. The van der Waals surface area contributed by atoms with E-state index >= 15 is 0 Å². The Kier molecular flexibility index (Phi) is 4.91. The number of benzene rings is 1. The fourth-order valence-corrected chi connectivity index (χ4v) is 4.22. The lowest BCUT2D eigenvalue weighted by molar-refractivity contribution is 0.545. The number of nitrogens with zero attached hydrogens (tertiary/aromatic N) is 5. The topological polar surface area (TPSA) is 66.8 Å². The van der Waals surface area contributed by atoms with E-state index in [-0.39, 0.29) is 5.69 Å².